The van der Waals surface area contributed by atoms with Crippen molar-refractivity contribution in [2.45, 2.75) is 31.1 Å². The highest BCUT2D eigenvalue weighted by molar-refractivity contribution is 6.02. The zero-order valence-corrected chi connectivity index (χ0v) is 15.7. The number of pyridine rings is 1. The Hall–Kier alpha value is -3.08. The summed E-state index contributed by atoms with van der Waals surface area (Å²) in [5.74, 6) is -3.47. The van der Waals surface area contributed by atoms with E-state index in [9.17, 15) is 14.4 Å². The number of aliphatic carboxylic acids is 2. The van der Waals surface area contributed by atoms with E-state index in [0.29, 0.717) is 0 Å². The number of carboxylic acid groups (broad SMARTS) is 2. The fourth-order valence-corrected chi connectivity index (χ4v) is 2.93. The molecule has 0 aliphatic carbocycles. The first kappa shape index (κ1) is 22.2. The van der Waals surface area contributed by atoms with Crippen LogP contribution in [0.3, 0.4) is 0 Å². The van der Waals surface area contributed by atoms with Crippen LogP contribution in [0.5, 0.6) is 0 Å². The van der Waals surface area contributed by atoms with Crippen LogP contribution in [0.4, 0.5) is 5.69 Å². The molecule has 1 amide bonds. The molecule has 29 heavy (non-hydrogen) atoms. The average molecular weight is 405 g/mol. The van der Waals surface area contributed by atoms with Gasteiger partial charge in [0, 0.05) is 11.6 Å². The molecule has 0 bridgehead atoms. The first-order valence-electron chi connectivity index (χ1n) is 8.89. The lowest BCUT2D eigenvalue weighted by atomic mass is 10.1. The molecule has 10 heteroatoms. The van der Waals surface area contributed by atoms with Crippen molar-refractivity contribution in [1.29, 1.82) is 0 Å². The Balaban J connectivity index is 0.000000257. The van der Waals surface area contributed by atoms with Crippen LogP contribution in [0.1, 0.15) is 12.8 Å². The van der Waals surface area contributed by atoms with E-state index in [2.05, 4.69) is 15.2 Å². The maximum Gasteiger partial charge on any atom is 0.335 e. The van der Waals surface area contributed by atoms with E-state index in [1.54, 1.807) is 6.20 Å². The van der Waals surface area contributed by atoms with E-state index in [1.165, 1.54) is 0 Å². The van der Waals surface area contributed by atoms with Crippen LogP contribution >= 0.6 is 0 Å². The fraction of sp³-hybridized carbons (Fsp3) is 0.368. The molecule has 1 aliphatic heterocycles. The number of hydrogen-bond donors (Lipinski definition) is 5. The Morgan fingerprint density at radius 3 is 2.28 bits per heavy atom. The van der Waals surface area contributed by atoms with Gasteiger partial charge in [0.15, 0.2) is 12.2 Å². The van der Waals surface area contributed by atoms with E-state index in [-0.39, 0.29) is 11.9 Å². The number of amides is 1. The summed E-state index contributed by atoms with van der Waals surface area (Å²) >= 11 is 0. The van der Waals surface area contributed by atoms with E-state index in [1.807, 2.05) is 37.4 Å². The third-order valence-corrected chi connectivity index (χ3v) is 4.52. The van der Waals surface area contributed by atoms with Crippen molar-refractivity contribution in [3.63, 3.8) is 0 Å². The zero-order valence-electron chi connectivity index (χ0n) is 15.7. The minimum Gasteiger partial charge on any atom is -0.479 e. The van der Waals surface area contributed by atoms with Gasteiger partial charge < -0.3 is 25.7 Å². The monoisotopic (exact) mass is 405 g/mol. The number of fused-ring (bicyclic) bond motifs is 1. The van der Waals surface area contributed by atoms with Gasteiger partial charge in [-0.05, 0) is 38.6 Å². The highest BCUT2D eigenvalue weighted by atomic mass is 16.4. The van der Waals surface area contributed by atoms with Crippen LogP contribution in [0.2, 0.25) is 0 Å². The number of nitrogens with zero attached hydrogens (tertiary/aromatic N) is 2. The number of carbonyl (C=O) groups is 3. The van der Waals surface area contributed by atoms with Gasteiger partial charge in [0.1, 0.15) is 0 Å². The molecule has 0 saturated carbocycles. The van der Waals surface area contributed by atoms with Crippen molar-refractivity contribution < 1.29 is 34.8 Å². The Morgan fingerprint density at radius 2 is 1.72 bits per heavy atom. The summed E-state index contributed by atoms with van der Waals surface area (Å²) in [6, 6.07) is 9.73. The maximum atomic E-state index is 12.3. The van der Waals surface area contributed by atoms with E-state index < -0.39 is 24.1 Å². The number of aromatic nitrogens is 1. The maximum absolute atomic E-state index is 12.3. The normalized spacial score (nSPS) is 18.4. The summed E-state index contributed by atoms with van der Waals surface area (Å²) in [4.78, 5) is 38.3. The second kappa shape index (κ2) is 9.92. The van der Waals surface area contributed by atoms with Gasteiger partial charge in [-0.25, -0.2) is 9.59 Å². The first-order chi connectivity index (χ1) is 13.7. The predicted octanol–water partition coefficient (Wildman–Crippen LogP) is 0.145. The average Bonchev–Trinajstić information content (AvgIpc) is 3.13. The fourth-order valence-electron chi connectivity index (χ4n) is 2.93. The van der Waals surface area contributed by atoms with E-state index in [0.717, 1.165) is 36.0 Å². The Bertz CT molecular complexity index is 866. The Kier molecular flexibility index (Phi) is 7.59. The van der Waals surface area contributed by atoms with Crippen molar-refractivity contribution in [3.8, 4) is 0 Å². The van der Waals surface area contributed by atoms with Gasteiger partial charge in [-0.1, -0.05) is 18.2 Å². The molecule has 1 aliphatic rings. The molecule has 10 nitrogen and oxygen atoms in total. The molecule has 0 radical (unpaired) electrons. The molecule has 5 N–H and O–H groups in total. The summed E-state index contributed by atoms with van der Waals surface area (Å²) in [5.41, 5.74) is 1.64. The molecular weight excluding hydrogens is 382 g/mol. The number of likely N-dealkylation sites (tertiary alicyclic amines) is 1. The number of nitrogens with one attached hydrogen (secondary N) is 1. The number of likely N-dealkylation sites (N-methyl/N-ethyl adjacent to an activating group) is 1. The van der Waals surface area contributed by atoms with Crippen molar-refractivity contribution in [2.24, 2.45) is 0 Å². The number of carbonyl (C=O) groups excluding carboxylic acids is 1. The van der Waals surface area contributed by atoms with Gasteiger partial charge in [-0.15, -0.1) is 0 Å². The minimum atomic E-state index is -2.27. The molecule has 2 unspecified atom stereocenters. The number of aliphatic hydroxyl groups is 2. The topological polar surface area (TPSA) is 160 Å². The summed E-state index contributed by atoms with van der Waals surface area (Å²) in [7, 11) is 2.00. The van der Waals surface area contributed by atoms with Gasteiger partial charge in [0.2, 0.25) is 5.91 Å². The Labute approximate surface area is 166 Å². The van der Waals surface area contributed by atoms with Crippen molar-refractivity contribution in [3.05, 3.63) is 36.5 Å². The number of aliphatic hydroxyl groups excluding tert-OH is 2. The van der Waals surface area contributed by atoms with Crippen LogP contribution in [0.15, 0.2) is 36.5 Å². The molecule has 2 aromatic rings. The van der Waals surface area contributed by atoms with Crippen molar-refractivity contribution >= 4 is 34.4 Å². The molecule has 1 aromatic carbocycles. The lowest BCUT2D eigenvalue weighted by molar-refractivity contribution is -0.165. The minimum absolute atomic E-state index is 0.0148. The molecule has 3 rings (SSSR count). The number of hydrogen-bond acceptors (Lipinski definition) is 7. The third kappa shape index (κ3) is 5.70. The zero-order chi connectivity index (χ0) is 21.6. The SMILES string of the molecule is CN1CCC[C@H]1C(=O)Nc1cccc2cccnc12.O=C(O)C(O)C(O)C(=O)O. The number of rotatable bonds is 5. The second-order valence-corrected chi connectivity index (χ2v) is 6.57. The molecule has 2 heterocycles. The third-order valence-electron chi connectivity index (χ3n) is 4.52. The van der Waals surface area contributed by atoms with Crippen molar-refractivity contribution in [1.82, 2.24) is 9.88 Å². The van der Waals surface area contributed by atoms with Gasteiger partial charge in [0.25, 0.3) is 0 Å². The first-order valence-corrected chi connectivity index (χ1v) is 8.89. The summed E-state index contributed by atoms with van der Waals surface area (Å²) in [5, 5.41) is 36.6. The van der Waals surface area contributed by atoms with E-state index in [4.69, 9.17) is 20.4 Å². The quantitative estimate of drug-likeness (QED) is 0.466. The van der Waals surface area contributed by atoms with Crippen LogP contribution in [0, 0.1) is 0 Å². The molecule has 0 spiro atoms. The lowest BCUT2D eigenvalue weighted by Gasteiger charge is -2.19. The Morgan fingerprint density at radius 1 is 1.10 bits per heavy atom. The van der Waals surface area contributed by atoms with Gasteiger partial charge in [-0.2, -0.15) is 0 Å². The highest BCUT2D eigenvalue weighted by Crippen LogP contribution is 2.22. The molecule has 3 atom stereocenters. The van der Waals surface area contributed by atoms with Crippen LogP contribution in [-0.2, 0) is 14.4 Å². The predicted molar refractivity (Wildman–Crippen MR) is 103 cm³/mol. The summed E-state index contributed by atoms with van der Waals surface area (Å²) < 4.78 is 0. The summed E-state index contributed by atoms with van der Waals surface area (Å²) in [6.45, 7) is 0.992. The van der Waals surface area contributed by atoms with Gasteiger partial charge >= 0.3 is 11.9 Å². The smallest absolute Gasteiger partial charge is 0.335 e. The van der Waals surface area contributed by atoms with Crippen LogP contribution in [-0.4, -0.2) is 80.0 Å². The largest absolute Gasteiger partial charge is 0.479 e. The van der Waals surface area contributed by atoms with Gasteiger partial charge in [-0.3, -0.25) is 14.7 Å². The molecule has 1 aromatic heterocycles. The lowest BCUT2D eigenvalue weighted by Crippen LogP contribution is -2.39. The van der Waals surface area contributed by atoms with Crippen LogP contribution in [0.25, 0.3) is 10.9 Å². The highest BCUT2D eigenvalue weighted by Gasteiger charge is 2.29. The number of carboxylic acids is 2. The molecule has 156 valence electrons. The van der Waals surface area contributed by atoms with Crippen molar-refractivity contribution in [2.75, 3.05) is 18.9 Å². The number of benzene rings is 1. The van der Waals surface area contributed by atoms with E-state index >= 15 is 0 Å². The number of anilines is 1. The molecule has 1 saturated heterocycles. The van der Waals surface area contributed by atoms with Gasteiger partial charge in [0.05, 0.1) is 17.2 Å². The molecular formula is C19H23N3O7. The molecule has 1 fully saturated rings. The second-order valence-electron chi connectivity index (χ2n) is 6.57. The standard InChI is InChI=1S/C15H17N3O.C4H6O6/c1-18-10-4-8-13(18)15(19)17-12-7-2-5-11-6-3-9-16-14(11)12;5-1(3(7)8)2(6)4(9)10/h2-3,5-7,9,13H,4,8,10H2,1H3,(H,17,19);1-2,5-6H,(H,7,8)(H,9,10)/t13-;/m0./s1. The summed E-state index contributed by atoms with van der Waals surface area (Å²) in [6.07, 6.45) is -0.766. The van der Waals surface area contributed by atoms with Crippen LogP contribution < -0.4 is 5.32 Å². The number of para-hydroxylation sites is 1.